The molecule has 0 aliphatic carbocycles. The summed E-state index contributed by atoms with van der Waals surface area (Å²) in [4.78, 5) is 0. The number of aryl methyl sites for hydroxylation is 2. The summed E-state index contributed by atoms with van der Waals surface area (Å²) in [7, 11) is 0. The van der Waals surface area contributed by atoms with Gasteiger partial charge in [0.15, 0.2) is 6.78 Å². The number of para-hydroxylation sites is 2. The quantitative estimate of drug-likeness (QED) is 0.556. The molecule has 0 spiro atoms. The van der Waals surface area contributed by atoms with Gasteiger partial charge in [-0.1, -0.05) is 72.7 Å². The average Bonchev–Trinajstić information content (AvgIpc) is 2.48. The van der Waals surface area contributed by atoms with Crippen molar-refractivity contribution in [2.24, 2.45) is 0 Å². The summed E-state index contributed by atoms with van der Waals surface area (Å²) in [5.74, 6) is 0. The Bertz CT molecular complexity index is 524. The predicted molar refractivity (Wildman–Crippen MR) is 92.4 cm³/mol. The number of benzene rings is 2. The predicted octanol–water partition coefficient (Wildman–Crippen LogP) is 6.65. The Morgan fingerprint density at radius 2 is 1.20 bits per heavy atom. The fraction of sp³-hybridized carbons (Fsp3) is 0.250. The largest absolute Gasteiger partial charge is 0.294 e. The van der Waals surface area contributed by atoms with E-state index in [1.165, 1.54) is 11.1 Å². The second kappa shape index (κ2) is 7.31. The molecule has 0 aliphatic rings. The average molecular weight is 326 g/mol. The Balaban J connectivity index is 2.57. The van der Waals surface area contributed by atoms with E-state index in [0.717, 1.165) is 24.2 Å². The van der Waals surface area contributed by atoms with Crippen LogP contribution in [0.5, 0.6) is 0 Å². The highest BCUT2D eigenvalue weighted by molar-refractivity contribution is 8.05. The van der Waals surface area contributed by atoms with E-state index < -0.39 is 6.78 Å². The fourth-order valence-corrected chi connectivity index (χ4v) is 4.02. The normalized spacial score (nSPS) is 10.8. The zero-order chi connectivity index (χ0) is 14.5. The van der Waals surface area contributed by atoms with Crippen LogP contribution in [-0.4, -0.2) is 0 Å². The van der Waals surface area contributed by atoms with Gasteiger partial charge in [0.05, 0.1) is 11.4 Å². The molecule has 0 aromatic heterocycles. The van der Waals surface area contributed by atoms with Gasteiger partial charge < -0.3 is 0 Å². The maximum absolute atomic E-state index is 6.33. The summed E-state index contributed by atoms with van der Waals surface area (Å²) in [5, 5.41) is 0. The first-order valence-corrected chi connectivity index (χ1v) is 9.87. The molecule has 4 heteroatoms. The summed E-state index contributed by atoms with van der Waals surface area (Å²) < 4.78 is 2.07. The molecule has 20 heavy (non-hydrogen) atoms. The van der Waals surface area contributed by atoms with Gasteiger partial charge in [0.25, 0.3) is 0 Å². The van der Waals surface area contributed by atoms with Crippen LogP contribution in [0.15, 0.2) is 48.5 Å². The van der Waals surface area contributed by atoms with Gasteiger partial charge in [-0.15, -0.1) is 0 Å². The molecule has 0 unspecified atom stereocenters. The zero-order valence-electron chi connectivity index (χ0n) is 11.7. The maximum atomic E-state index is 6.33. The lowest BCUT2D eigenvalue weighted by atomic mass is 10.1. The molecular weight excluding hydrogens is 308 g/mol. The molecule has 0 heterocycles. The summed E-state index contributed by atoms with van der Waals surface area (Å²) in [5.41, 5.74) is 4.72. The van der Waals surface area contributed by atoms with Crippen molar-refractivity contribution in [3.63, 3.8) is 0 Å². The zero-order valence-corrected chi connectivity index (χ0v) is 14.1. The van der Waals surface area contributed by atoms with Gasteiger partial charge in [-0.3, -0.25) is 4.67 Å². The van der Waals surface area contributed by atoms with E-state index >= 15 is 0 Å². The second-order valence-electron chi connectivity index (χ2n) is 4.49. The molecule has 0 saturated heterocycles. The highest BCUT2D eigenvalue weighted by Crippen LogP contribution is 2.58. The van der Waals surface area contributed by atoms with E-state index in [1.807, 2.05) is 12.1 Å². The molecule has 0 N–H and O–H groups in total. The molecule has 2 aromatic rings. The van der Waals surface area contributed by atoms with Gasteiger partial charge in [0, 0.05) is 0 Å². The maximum Gasteiger partial charge on any atom is 0.192 e. The SMILES string of the molecule is CCc1ccccc1N(c1ccccc1CC)P(Cl)Cl. The van der Waals surface area contributed by atoms with Gasteiger partial charge in [-0.2, -0.15) is 0 Å². The van der Waals surface area contributed by atoms with Gasteiger partial charge in [-0.05, 0) is 36.1 Å². The Morgan fingerprint density at radius 1 is 0.800 bits per heavy atom. The van der Waals surface area contributed by atoms with Crippen molar-refractivity contribution in [1.29, 1.82) is 0 Å². The molecule has 0 saturated carbocycles. The van der Waals surface area contributed by atoms with Gasteiger partial charge in [0.2, 0.25) is 0 Å². The lowest BCUT2D eigenvalue weighted by Gasteiger charge is -2.29. The third-order valence-corrected chi connectivity index (χ3v) is 4.99. The molecule has 106 valence electrons. The van der Waals surface area contributed by atoms with E-state index in [-0.39, 0.29) is 0 Å². The number of hydrogen-bond acceptors (Lipinski definition) is 1. The molecule has 0 bridgehead atoms. The van der Waals surface area contributed by atoms with Crippen LogP contribution in [0, 0.1) is 0 Å². The lowest BCUT2D eigenvalue weighted by Crippen LogP contribution is -2.10. The minimum absolute atomic E-state index is 0.956. The monoisotopic (exact) mass is 325 g/mol. The molecule has 1 nitrogen and oxygen atoms in total. The van der Waals surface area contributed by atoms with Crippen molar-refractivity contribution < 1.29 is 0 Å². The standard InChI is InChI=1S/C16H18Cl2NP/c1-3-13-9-5-7-11-15(13)19(20(17)18)16-12-8-6-10-14(16)4-2/h5-12H,3-4H2,1-2H3. The molecule has 0 radical (unpaired) electrons. The van der Waals surface area contributed by atoms with Crippen molar-refractivity contribution in [2.75, 3.05) is 4.67 Å². The molecular formula is C16H18Cl2NP. The smallest absolute Gasteiger partial charge is 0.192 e. The Morgan fingerprint density at radius 3 is 1.55 bits per heavy atom. The highest BCUT2D eigenvalue weighted by Gasteiger charge is 2.21. The topological polar surface area (TPSA) is 3.24 Å². The number of halogens is 2. The number of rotatable bonds is 5. The summed E-state index contributed by atoms with van der Waals surface area (Å²) in [6.45, 7) is 3.01. The van der Waals surface area contributed by atoms with Crippen LogP contribution in [-0.2, 0) is 12.8 Å². The van der Waals surface area contributed by atoms with E-state index in [2.05, 4.69) is 54.9 Å². The van der Waals surface area contributed by atoms with Crippen LogP contribution >= 0.6 is 29.3 Å². The molecule has 0 aliphatic heterocycles. The van der Waals surface area contributed by atoms with E-state index in [4.69, 9.17) is 22.5 Å². The van der Waals surface area contributed by atoms with Crippen LogP contribution < -0.4 is 4.67 Å². The lowest BCUT2D eigenvalue weighted by molar-refractivity contribution is 1.11. The van der Waals surface area contributed by atoms with Crippen LogP contribution in [0.1, 0.15) is 25.0 Å². The van der Waals surface area contributed by atoms with E-state index in [1.54, 1.807) is 0 Å². The van der Waals surface area contributed by atoms with Gasteiger partial charge >= 0.3 is 0 Å². The molecule has 2 aromatic carbocycles. The second-order valence-corrected chi connectivity index (χ2v) is 7.76. The summed E-state index contributed by atoms with van der Waals surface area (Å²) >= 11 is 12.7. The Kier molecular flexibility index (Phi) is 5.72. The van der Waals surface area contributed by atoms with Crippen molar-refractivity contribution in [1.82, 2.24) is 0 Å². The third kappa shape index (κ3) is 3.28. The minimum atomic E-state index is -1.28. The first-order valence-electron chi connectivity index (χ1n) is 6.76. The number of hydrogen-bond donors (Lipinski definition) is 0. The Labute approximate surface area is 131 Å². The van der Waals surface area contributed by atoms with Gasteiger partial charge in [0.1, 0.15) is 0 Å². The van der Waals surface area contributed by atoms with Crippen LogP contribution in [0.4, 0.5) is 11.4 Å². The number of nitrogens with zero attached hydrogens (tertiary/aromatic N) is 1. The van der Waals surface area contributed by atoms with Gasteiger partial charge in [-0.25, -0.2) is 0 Å². The first kappa shape index (κ1) is 15.6. The van der Waals surface area contributed by atoms with Crippen molar-refractivity contribution in [3.8, 4) is 0 Å². The third-order valence-electron chi connectivity index (χ3n) is 3.35. The van der Waals surface area contributed by atoms with Crippen molar-refractivity contribution >= 4 is 40.6 Å². The van der Waals surface area contributed by atoms with Crippen molar-refractivity contribution in [2.45, 2.75) is 26.7 Å². The van der Waals surface area contributed by atoms with Crippen molar-refractivity contribution in [3.05, 3.63) is 59.7 Å². The van der Waals surface area contributed by atoms with Crippen LogP contribution in [0.2, 0.25) is 0 Å². The first-order chi connectivity index (χ1) is 9.69. The molecule has 0 atom stereocenters. The Hall–Kier alpha value is -0.750. The number of anilines is 2. The van der Waals surface area contributed by atoms with Crippen LogP contribution in [0.25, 0.3) is 0 Å². The summed E-state index contributed by atoms with van der Waals surface area (Å²) in [6.07, 6.45) is 1.91. The highest BCUT2D eigenvalue weighted by atomic mass is 35.9. The van der Waals surface area contributed by atoms with E-state index in [0.29, 0.717) is 0 Å². The minimum Gasteiger partial charge on any atom is -0.294 e. The summed E-state index contributed by atoms with van der Waals surface area (Å²) in [6, 6.07) is 16.6. The van der Waals surface area contributed by atoms with E-state index in [9.17, 15) is 0 Å². The molecule has 2 rings (SSSR count). The molecule has 0 amide bonds. The fourth-order valence-electron chi connectivity index (χ4n) is 2.33. The van der Waals surface area contributed by atoms with Crippen LogP contribution in [0.3, 0.4) is 0 Å². The molecule has 0 fully saturated rings.